The van der Waals surface area contributed by atoms with Gasteiger partial charge in [0.2, 0.25) is 0 Å². The number of carbonyl (C=O) groups is 3. The predicted octanol–water partition coefficient (Wildman–Crippen LogP) is 11.1. The molecule has 0 amide bonds. The highest BCUT2D eigenvalue weighted by atomic mass is 16.6. The van der Waals surface area contributed by atoms with Gasteiger partial charge in [-0.2, -0.15) is 0 Å². The molecule has 0 saturated carbocycles. The van der Waals surface area contributed by atoms with Crippen LogP contribution in [0.3, 0.4) is 0 Å². The molecule has 0 bridgehead atoms. The van der Waals surface area contributed by atoms with Gasteiger partial charge in [-0.25, -0.2) is 0 Å². The number of nitrogens with zero attached hydrogens (tertiary/aromatic N) is 1. The van der Waals surface area contributed by atoms with Crippen LogP contribution in [-0.2, 0) is 28.6 Å². The van der Waals surface area contributed by atoms with E-state index in [4.69, 9.17) is 14.2 Å². The molecule has 0 heterocycles. The minimum absolute atomic E-state index is 0.0315. The highest BCUT2D eigenvalue weighted by Crippen LogP contribution is 2.15. The number of ether oxygens (including phenoxy) is 3. The summed E-state index contributed by atoms with van der Waals surface area (Å²) >= 11 is 0. The molecule has 0 aliphatic carbocycles. The Morgan fingerprint density at radius 2 is 1.00 bits per heavy atom. The zero-order valence-electron chi connectivity index (χ0n) is 36.8. The van der Waals surface area contributed by atoms with Crippen LogP contribution in [0.4, 0.5) is 0 Å². The second-order valence-corrected chi connectivity index (χ2v) is 16.3. The summed E-state index contributed by atoms with van der Waals surface area (Å²) in [7, 11) is 5.40. The van der Waals surface area contributed by atoms with E-state index in [0.717, 1.165) is 77.0 Å². The van der Waals surface area contributed by atoms with Gasteiger partial charge in [0.05, 0.1) is 40.3 Å². The minimum Gasteiger partial charge on any atom is -0.544 e. The Hall–Kier alpha value is -2.71. The molecule has 324 valence electrons. The normalized spacial score (nSPS) is 13.4. The molecule has 0 radical (unpaired) electrons. The fraction of sp³-hybridized carbons (Fsp3) is 0.771. The number of quaternary nitrogens is 1. The first-order chi connectivity index (χ1) is 27.1. The molecule has 0 fully saturated rings. The summed E-state index contributed by atoms with van der Waals surface area (Å²) in [4.78, 5) is 36.9. The lowest BCUT2D eigenvalue weighted by atomic mass is 10.0. The molecule has 0 aliphatic heterocycles. The number of carboxylic acid groups (broad SMARTS) is 1. The maximum atomic E-state index is 12.7. The number of carbonyl (C=O) groups excluding carboxylic acids is 3. The van der Waals surface area contributed by atoms with Crippen LogP contribution < -0.4 is 5.11 Å². The molecule has 0 aromatic carbocycles. The highest BCUT2D eigenvalue weighted by Gasteiger charge is 2.25. The zero-order chi connectivity index (χ0) is 41.4. The highest BCUT2D eigenvalue weighted by molar-refractivity contribution is 5.70. The number of aliphatic carboxylic acids is 1. The number of hydrogen-bond donors (Lipinski definition) is 0. The SMILES string of the molecule is CC/C=C\C/C=C\C/C=C\C/C=C\CCCCCCC(=O)OC(COCCC(C(=O)[O-])[N+](C)(C)C)COC(=O)CCCCCCCCCCCCCCCCC. The third-order valence-electron chi connectivity index (χ3n) is 9.98. The van der Waals surface area contributed by atoms with Crippen molar-refractivity contribution in [3.8, 4) is 0 Å². The van der Waals surface area contributed by atoms with Crippen LogP contribution in [0.25, 0.3) is 0 Å². The summed E-state index contributed by atoms with van der Waals surface area (Å²) in [6.45, 7) is 4.53. The van der Waals surface area contributed by atoms with Gasteiger partial charge in [0.25, 0.3) is 0 Å². The van der Waals surface area contributed by atoms with Crippen LogP contribution in [-0.4, -0.2) is 75.5 Å². The summed E-state index contributed by atoms with van der Waals surface area (Å²) in [6.07, 6.45) is 45.6. The van der Waals surface area contributed by atoms with Gasteiger partial charge in [-0.05, 0) is 51.4 Å². The summed E-state index contributed by atoms with van der Waals surface area (Å²) in [5, 5.41) is 11.6. The first-order valence-corrected chi connectivity index (χ1v) is 22.7. The van der Waals surface area contributed by atoms with Gasteiger partial charge in [0.15, 0.2) is 6.10 Å². The van der Waals surface area contributed by atoms with Crippen LogP contribution in [0.15, 0.2) is 48.6 Å². The van der Waals surface area contributed by atoms with Crippen LogP contribution in [0.1, 0.15) is 187 Å². The van der Waals surface area contributed by atoms with Gasteiger partial charge in [-0.1, -0.05) is 165 Å². The Kier molecular flexibility index (Phi) is 37.2. The number of hydrogen-bond acceptors (Lipinski definition) is 7. The molecule has 0 spiro atoms. The first-order valence-electron chi connectivity index (χ1n) is 22.7. The van der Waals surface area contributed by atoms with Crippen molar-refractivity contribution in [3.05, 3.63) is 48.6 Å². The van der Waals surface area contributed by atoms with Crippen molar-refractivity contribution < 1.29 is 38.2 Å². The monoisotopic (exact) mass is 788 g/mol. The first kappa shape index (κ1) is 53.3. The topological polar surface area (TPSA) is 102 Å². The Balaban J connectivity index is 4.37. The average Bonchev–Trinajstić information content (AvgIpc) is 3.15. The van der Waals surface area contributed by atoms with Crippen molar-refractivity contribution in [3.63, 3.8) is 0 Å². The molecule has 0 aliphatic rings. The van der Waals surface area contributed by atoms with Crippen molar-refractivity contribution in [2.75, 3.05) is 41.0 Å². The van der Waals surface area contributed by atoms with E-state index < -0.39 is 18.1 Å². The smallest absolute Gasteiger partial charge is 0.306 e. The fourth-order valence-corrected chi connectivity index (χ4v) is 6.47. The standard InChI is InChI=1S/C48H85NO7/c1-6-8-10-12-14-16-18-20-22-23-25-27-29-31-33-35-37-39-47(51)56-44(42-54-41-40-45(48(52)53)49(3,4)5)43-55-46(50)38-36-34-32-30-28-26-24-21-19-17-15-13-11-9-7-2/h8,10,14,16,20,22,25,27,44-45H,6-7,9,11-13,15,17-19,21,23-24,26,28-43H2,1-5H3/b10-8-,16-14-,22-20-,27-25-. The number of rotatable bonds is 40. The van der Waals surface area contributed by atoms with Gasteiger partial charge in [0.1, 0.15) is 12.6 Å². The third-order valence-corrected chi connectivity index (χ3v) is 9.98. The van der Waals surface area contributed by atoms with E-state index in [0.29, 0.717) is 12.8 Å². The van der Waals surface area contributed by atoms with Gasteiger partial charge in [-0.3, -0.25) is 9.59 Å². The second kappa shape index (κ2) is 39.1. The number of likely N-dealkylation sites (N-methyl/N-ethyl adjacent to an activating group) is 1. The molecule has 0 rings (SSSR count). The quantitative estimate of drug-likeness (QED) is 0.0264. The summed E-state index contributed by atoms with van der Waals surface area (Å²) < 4.78 is 17.2. The number of allylic oxidation sites excluding steroid dienone is 8. The molecule has 0 aromatic heterocycles. The van der Waals surface area contributed by atoms with E-state index in [1.807, 2.05) is 0 Å². The molecule has 0 N–H and O–H groups in total. The number of carboxylic acids is 1. The maximum absolute atomic E-state index is 12.7. The zero-order valence-corrected chi connectivity index (χ0v) is 36.8. The molecular weight excluding hydrogens is 703 g/mol. The lowest BCUT2D eigenvalue weighted by molar-refractivity contribution is -0.889. The number of unbranched alkanes of at least 4 members (excludes halogenated alkanes) is 18. The van der Waals surface area contributed by atoms with E-state index in [-0.39, 0.29) is 42.7 Å². The van der Waals surface area contributed by atoms with Crippen molar-refractivity contribution in [2.45, 2.75) is 199 Å². The summed E-state index contributed by atoms with van der Waals surface area (Å²) in [6, 6.07) is -0.730. The third kappa shape index (κ3) is 36.9. The molecule has 2 atom stereocenters. The molecule has 0 aromatic rings. The lowest BCUT2D eigenvalue weighted by Gasteiger charge is -2.34. The van der Waals surface area contributed by atoms with E-state index in [1.54, 1.807) is 21.1 Å². The van der Waals surface area contributed by atoms with Crippen LogP contribution in [0, 0.1) is 0 Å². The molecule has 56 heavy (non-hydrogen) atoms. The summed E-state index contributed by atoms with van der Waals surface area (Å²) in [5.74, 6) is -1.76. The molecule has 2 unspecified atom stereocenters. The van der Waals surface area contributed by atoms with Crippen LogP contribution >= 0.6 is 0 Å². The molecule has 8 heteroatoms. The van der Waals surface area contributed by atoms with E-state index in [2.05, 4.69) is 62.5 Å². The van der Waals surface area contributed by atoms with Crippen molar-refractivity contribution in [1.82, 2.24) is 0 Å². The Bertz CT molecular complexity index is 1060. The summed E-state index contributed by atoms with van der Waals surface area (Å²) in [5.41, 5.74) is 0. The van der Waals surface area contributed by atoms with Gasteiger partial charge in [-0.15, -0.1) is 0 Å². The van der Waals surface area contributed by atoms with Gasteiger partial charge < -0.3 is 28.6 Å². The van der Waals surface area contributed by atoms with E-state index >= 15 is 0 Å². The molecular formula is C48H85NO7. The minimum atomic E-state index is -1.13. The predicted molar refractivity (Wildman–Crippen MR) is 231 cm³/mol. The van der Waals surface area contributed by atoms with Crippen molar-refractivity contribution in [2.24, 2.45) is 0 Å². The van der Waals surface area contributed by atoms with Gasteiger partial charge in [0, 0.05) is 19.3 Å². The fourth-order valence-electron chi connectivity index (χ4n) is 6.47. The Labute approximate surface area is 344 Å². The van der Waals surface area contributed by atoms with Crippen LogP contribution in [0.2, 0.25) is 0 Å². The lowest BCUT2D eigenvalue weighted by Crippen LogP contribution is -2.55. The maximum Gasteiger partial charge on any atom is 0.306 e. The Morgan fingerprint density at radius 3 is 1.48 bits per heavy atom. The molecule has 0 saturated heterocycles. The second-order valence-electron chi connectivity index (χ2n) is 16.3. The van der Waals surface area contributed by atoms with Crippen LogP contribution in [0.5, 0.6) is 0 Å². The number of esters is 2. The molecule has 8 nitrogen and oxygen atoms in total. The van der Waals surface area contributed by atoms with E-state index in [9.17, 15) is 19.5 Å². The van der Waals surface area contributed by atoms with Gasteiger partial charge >= 0.3 is 11.9 Å². The largest absolute Gasteiger partial charge is 0.544 e. The Morgan fingerprint density at radius 1 is 0.554 bits per heavy atom. The van der Waals surface area contributed by atoms with Crippen molar-refractivity contribution >= 4 is 17.9 Å². The average molecular weight is 788 g/mol. The van der Waals surface area contributed by atoms with Crippen molar-refractivity contribution in [1.29, 1.82) is 0 Å². The van der Waals surface area contributed by atoms with E-state index in [1.165, 1.54) is 77.0 Å².